The van der Waals surface area contributed by atoms with Crippen LogP contribution in [0.5, 0.6) is 0 Å². The normalized spacial score (nSPS) is 10.1. The maximum Gasteiger partial charge on any atom is 0.227 e. The first-order chi connectivity index (χ1) is 8.75. The van der Waals surface area contributed by atoms with Crippen molar-refractivity contribution >= 4 is 5.91 Å². The summed E-state index contributed by atoms with van der Waals surface area (Å²) in [4.78, 5) is 17.9. The first kappa shape index (κ1) is 12.3. The molecule has 0 N–H and O–H groups in total. The molecule has 0 aliphatic carbocycles. The number of pyridine rings is 1. The van der Waals surface area contributed by atoms with E-state index in [-0.39, 0.29) is 5.91 Å². The van der Waals surface area contributed by atoms with Crippen molar-refractivity contribution < 1.29 is 4.79 Å². The van der Waals surface area contributed by atoms with Crippen LogP contribution in [0.25, 0.3) is 0 Å². The topological polar surface area (TPSA) is 33.2 Å². The zero-order valence-electron chi connectivity index (χ0n) is 10.4. The average molecular weight is 240 g/mol. The molecule has 0 atom stereocenters. The highest BCUT2D eigenvalue weighted by Crippen LogP contribution is 2.04. The van der Waals surface area contributed by atoms with E-state index >= 15 is 0 Å². The van der Waals surface area contributed by atoms with Crippen molar-refractivity contribution in [1.82, 2.24) is 9.88 Å². The highest BCUT2D eigenvalue weighted by molar-refractivity contribution is 5.78. The van der Waals surface area contributed by atoms with Crippen molar-refractivity contribution in [2.75, 3.05) is 7.05 Å². The maximum absolute atomic E-state index is 12.0. The molecule has 1 aromatic carbocycles. The molecule has 1 heterocycles. The second-order valence-electron chi connectivity index (χ2n) is 4.23. The minimum Gasteiger partial charge on any atom is -0.340 e. The lowest BCUT2D eigenvalue weighted by Gasteiger charge is -2.16. The number of benzene rings is 1. The van der Waals surface area contributed by atoms with E-state index in [1.807, 2.05) is 48.5 Å². The summed E-state index contributed by atoms with van der Waals surface area (Å²) >= 11 is 0. The third-order valence-electron chi connectivity index (χ3n) is 2.75. The van der Waals surface area contributed by atoms with E-state index in [1.54, 1.807) is 18.1 Å². The number of hydrogen-bond acceptors (Lipinski definition) is 2. The zero-order valence-corrected chi connectivity index (χ0v) is 10.4. The van der Waals surface area contributed by atoms with Crippen LogP contribution >= 0.6 is 0 Å². The van der Waals surface area contributed by atoms with E-state index < -0.39 is 0 Å². The van der Waals surface area contributed by atoms with Gasteiger partial charge in [-0.05, 0) is 17.7 Å². The van der Waals surface area contributed by atoms with Crippen molar-refractivity contribution in [3.63, 3.8) is 0 Å². The summed E-state index contributed by atoms with van der Waals surface area (Å²) in [7, 11) is 1.81. The Kier molecular flexibility index (Phi) is 4.07. The third kappa shape index (κ3) is 3.42. The van der Waals surface area contributed by atoms with Crippen LogP contribution < -0.4 is 0 Å². The van der Waals surface area contributed by atoms with Crippen molar-refractivity contribution in [3.05, 3.63) is 66.0 Å². The first-order valence-corrected chi connectivity index (χ1v) is 5.93. The van der Waals surface area contributed by atoms with Gasteiger partial charge in [0.2, 0.25) is 5.91 Å². The quantitative estimate of drug-likeness (QED) is 0.821. The van der Waals surface area contributed by atoms with E-state index in [4.69, 9.17) is 0 Å². The molecule has 2 rings (SSSR count). The lowest BCUT2D eigenvalue weighted by Crippen LogP contribution is -2.28. The van der Waals surface area contributed by atoms with Gasteiger partial charge < -0.3 is 4.90 Å². The molecule has 0 bridgehead atoms. The summed E-state index contributed by atoms with van der Waals surface area (Å²) in [5.74, 6) is 0.104. The molecule has 0 saturated heterocycles. The molecule has 3 nitrogen and oxygen atoms in total. The molecule has 0 spiro atoms. The van der Waals surface area contributed by atoms with Gasteiger partial charge in [0.05, 0.1) is 18.7 Å². The van der Waals surface area contributed by atoms with Crippen LogP contribution in [0.1, 0.15) is 11.3 Å². The van der Waals surface area contributed by atoms with E-state index in [2.05, 4.69) is 4.98 Å². The molecule has 0 aliphatic heterocycles. The van der Waals surface area contributed by atoms with Crippen LogP contribution in [0.15, 0.2) is 54.7 Å². The van der Waals surface area contributed by atoms with Gasteiger partial charge in [-0.25, -0.2) is 0 Å². The Balaban J connectivity index is 1.93. The predicted molar refractivity (Wildman–Crippen MR) is 70.9 cm³/mol. The number of rotatable bonds is 4. The highest BCUT2D eigenvalue weighted by atomic mass is 16.2. The molecule has 92 valence electrons. The van der Waals surface area contributed by atoms with Gasteiger partial charge in [0, 0.05) is 13.2 Å². The zero-order chi connectivity index (χ0) is 12.8. The summed E-state index contributed by atoms with van der Waals surface area (Å²) in [5, 5.41) is 0. The van der Waals surface area contributed by atoms with Gasteiger partial charge in [-0.3, -0.25) is 9.78 Å². The van der Waals surface area contributed by atoms with Gasteiger partial charge in [-0.15, -0.1) is 0 Å². The Morgan fingerprint density at radius 3 is 2.50 bits per heavy atom. The largest absolute Gasteiger partial charge is 0.340 e. The van der Waals surface area contributed by atoms with Crippen LogP contribution in [0.4, 0.5) is 0 Å². The minimum atomic E-state index is 0.104. The molecule has 0 unspecified atom stereocenters. The highest BCUT2D eigenvalue weighted by Gasteiger charge is 2.10. The SMILES string of the molecule is CN(Cc1ccccn1)C(=O)Cc1ccccc1. The molecule has 0 fully saturated rings. The Hall–Kier alpha value is -2.16. The van der Waals surface area contributed by atoms with Crippen molar-refractivity contribution in [3.8, 4) is 0 Å². The van der Waals surface area contributed by atoms with Crippen molar-refractivity contribution in [2.24, 2.45) is 0 Å². The number of amides is 1. The predicted octanol–water partition coefficient (Wildman–Crippen LogP) is 2.28. The third-order valence-corrected chi connectivity index (χ3v) is 2.75. The fourth-order valence-corrected chi connectivity index (χ4v) is 1.73. The molecule has 1 amide bonds. The van der Waals surface area contributed by atoms with Crippen LogP contribution in [0.3, 0.4) is 0 Å². The van der Waals surface area contributed by atoms with Gasteiger partial charge in [0.15, 0.2) is 0 Å². The lowest BCUT2D eigenvalue weighted by molar-refractivity contribution is -0.129. The summed E-state index contributed by atoms with van der Waals surface area (Å²) in [5.41, 5.74) is 1.94. The van der Waals surface area contributed by atoms with Crippen molar-refractivity contribution in [2.45, 2.75) is 13.0 Å². The number of nitrogens with zero attached hydrogens (tertiary/aromatic N) is 2. The number of hydrogen-bond donors (Lipinski definition) is 0. The van der Waals surface area contributed by atoms with E-state index in [9.17, 15) is 4.79 Å². The standard InChI is InChI=1S/C15H16N2O/c1-17(12-14-9-5-6-10-16-14)15(18)11-13-7-3-2-4-8-13/h2-10H,11-12H2,1H3. The summed E-state index contributed by atoms with van der Waals surface area (Å²) in [6, 6.07) is 15.5. The molecule has 0 saturated carbocycles. The number of likely N-dealkylation sites (N-methyl/N-ethyl adjacent to an activating group) is 1. The summed E-state index contributed by atoms with van der Waals surface area (Å²) < 4.78 is 0. The van der Waals surface area contributed by atoms with Crippen LogP contribution in [-0.4, -0.2) is 22.8 Å². The van der Waals surface area contributed by atoms with Crippen molar-refractivity contribution in [1.29, 1.82) is 0 Å². The Morgan fingerprint density at radius 1 is 1.11 bits per heavy atom. The molecular formula is C15H16N2O. The van der Waals surface area contributed by atoms with Gasteiger partial charge >= 0.3 is 0 Å². The summed E-state index contributed by atoms with van der Waals surface area (Å²) in [6.07, 6.45) is 2.18. The Labute approximate surface area is 107 Å². The van der Waals surface area contributed by atoms with Crippen LogP contribution in [-0.2, 0) is 17.8 Å². The number of carbonyl (C=O) groups is 1. The maximum atomic E-state index is 12.0. The van der Waals surface area contributed by atoms with Gasteiger partial charge in [-0.2, -0.15) is 0 Å². The lowest BCUT2D eigenvalue weighted by atomic mass is 10.1. The minimum absolute atomic E-state index is 0.104. The molecule has 3 heteroatoms. The fourth-order valence-electron chi connectivity index (χ4n) is 1.73. The monoisotopic (exact) mass is 240 g/mol. The van der Waals surface area contributed by atoms with Gasteiger partial charge in [0.25, 0.3) is 0 Å². The molecule has 18 heavy (non-hydrogen) atoms. The molecule has 1 aromatic heterocycles. The number of carbonyl (C=O) groups excluding carboxylic acids is 1. The molecular weight excluding hydrogens is 224 g/mol. The molecule has 0 aliphatic rings. The second kappa shape index (κ2) is 5.96. The smallest absolute Gasteiger partial charge is 0.227 e. The fraction of sp³-hybridized carbons (Fsp3) is 0.200. The van der Waals surface area contributed by atoms with E-state index in [0.29, 0.717) is 13.0 Å². The van der Waals surface area contributed by atoms with E-state index in [1.165, 1.54) is 0 Å². The van der Waals surface area contributed by atoms with Crippen LogP contribution in [0, 0.1) is 0 Å². The Morgan fingerprint density at radius 2 is 1.83 bits per heavy atom. The Bertz CT molecular complexity index is 496. The molecule has 2 aromatic rings. The number of aromatic nitrogens is 1. The molecule has 0 radical (unpaired) electrons. The second-order valence-corrected chi connectivity index (χ2v) is 4.23. The van der Waals surface area contributed by atoms with Crippen LogP contribution in [0.2, 0.25) is 0 Å². The van der Waals surface area contributed by atoms with Gasteiger partial charge in [-0.1, -0.05) is 36.4 Å². The van der Waals surface area contributed by atoms with Gasteiger partial charge in [0.1, 0.15) is 0 Å². The summed E-state index contributed by atoms with van der Waals surface area (Å²) in [6.45, 7) is 0.548. The van der Waals surface area contributed by atoms with E-state index in [0.717, 1.165) is 11.3 Å². The average Bonchev–Trinajstić information content (AvgIpc) is 2.41. The first-order valence-electron chi connectivity index (χ1n) is 5.93.